The Labute approximate surface area is 144 Å². The van der Waals surface area contributed by atoms with E-state index in [0.717, 1.165) is 6.42 Å². The molecule has 1 aliphatic rings. The van der Waals surface area contributed by atoms with Gasteiger partial charge in [-0.3, -0.25) is 9.69 Å². The van der Waals surface area contributed by atoms with Gasteiger partial charge in [-0.05, 0) is 49.6 Å². The van der Waals surface area contributed by atoms with E-state index in [0.29, 0.717) is 43.3 Å². The summed E-state index contributed by atoms with van der Waals surface area (Å²) in [5.41, 5.74) is 0. The molecule has 3 atom stereocenters. The Balaban J connectivity index is 1.66. The molecule has 24 heavy (non-hydrogen) atoms. The molecule has 1 aromatic carbocycles. The molecule has 0 spiro atoms. The van der Waals surface area contributed by atoms with Crippen molar-refractivity contribution in [3.8, 4) is 5.75 Å². The lowest BCUT2D eigenvalue weighted by Gasteiger charge is -2.35. The Hall–Kier alpha value is -1.62. The van der Waals surface area contributed by atoms with Crippen LogP contribution in [0.2, 0.25) is 0 Å². The smallest absolute Gasteiger partial charge is 0.234 e. The van der Waals surface area contributed by atoms with Crippen molar-refractivity contribution in [1.29, 1.82) is 0 Å². The molecule has 134 valence electrons. The highest BCUT2D eigenvalue weighted by molar-refractivity contribution is 5.78. The number of carbonyl (C=O) groups is 1. The average Bonchev–Trinajstić information content (AvgIpc) is 2.53. The van der Waals surface area contributed by atoms with E-state index in [9.17, 15) is 9.18 Å². The van der Waals surface area contributed by atoms with Crippen molar-refractivity contribution in [1.82, 2.24) is 10.2 Å². The van der Waals surface area contributed by atoms with E-state index in [1.165, 1.54) is 25.0 Å². The normalized spacial score (nSPS) is 24.0. The zero-order chi connectivity index (χ0) is 17.5. The van der Waals surface area contributed by atoms with Gasteiger partial charge in [0.25, 0.3) is 0 Å². The van der Waals surface area contributed by atoms with Crippen LogP contribution in [0.25, 0.3) is 0 Å². The van der Waals surface area contributed by atoms with E-state index in [1.807, 2.05) is 11.9 Å². The summed E-state index contributed by atoms with van der Waals surface area (Å²) in [4.78, 5) is 14.1. The van der Waals surface area contributed by atoms with Crippen molar-refractivity contribution in [3.63, 3.8) is 0 Å². The molecule has 1 aliphatic carbocycles. The van der Waals surface area contributed by atoms with Gasteiger partial charge in [0.15, 0.2) is 0 Å². The van der Waals surface area contributed by atoms with Crippen LogP contribution in [0.4, 0.5) is 4.39 Å². The van der Waals surface area contributed by atoms with Crippen molar-refractivity contribution in [2.75, 3.05) is 26.7 Å². The van der Waals surface area contributed by atoms with E-state index in [2.05, 4.69) is 19.2 Å². The fourth-order valence-electron chi connectivity index (χ4n) is 3.21. The maximum absolute atomic E-state index is 12.8. The molecular formula is C19H29FN2O2. The molecule has 1 N–H and O–H groups in total. The van der Waals surface area contributed by atoms with Crippen molar-refractivity contribution < 1.29 is 13.9 Å². The van der Waals surface area contributed by atoms with Gasteiger partial charge in [0.05, 0.1) is 6.54 Å². The number of hydrogen-bond acceptors (Lipinski definition) is 3. The second-order valence-electron chi connectivity index (χ2n) is 6.98. The van der Waals surface area contributed by atoms with Crippen LogP contribution in [-0.4, -0.2) is 43.6 Å². The summed E-state index contributed by atoms with van der Waals surface area (Å²) < 4.78 is 18.4. The molecule has 0 saturated heterocycles. The SMILES string of the molecule is CC1CCCC(NC(=O)CN(C)CCOc2ccc(F)cc2)C1C. The van der Waals surface area contributed by atoms with Crippen LogP contribution in [0.15, 0.2) is 24.3 Å². The first-order chi connectivity index (χ1) is 11.5. The van der Waals surface area contributed by atoms with E-state index >= 15 is 0 Å². The highest BCUT2D eigenvalue weighted by Gasteiger charge is 2.28. The highest BCUT2D eigenvalue weighted by atomic mass is 19.1. The fraction of sp³-hybridized carbons (Fsp3) is 0.632. The summed E-state index contributed by atoms with van der Waals surface area (Å²) in [6, 6.07) is 6.25. The Morgan fingerprint density at radius 1 is 1.29 bits per heavy atom. The van der Waals surface area contributed by atoms with Crippen molar-refractivity contribution in [3.05, 3.63) is 30.1 Å². The monoisotopic (exact) mass is 336 g/mol. The molecule has 0 bridgehead atoms. The minimum Gasteiger partial charge on any atom is -0.492 e. The van der Waals surface area contributed by atoms with E-state index in [1.54, 1.807) is 12.1 Å². The number of nitrogens with zero attached hydrogens (tertiary/aromatic N) is 1. The third-order valence-corrected chi connectivity index (χ3v) is 5.02. The van der Waals surface area contributed by atoms with Crippen molar-refractivity contribution >= 4 is 5.91 Å². The Morgan fingerprint density at radius 3 is 2.71 bits per heavy atom. The van der Waals surface area contributed by atoms with Crippen molar-refractivity contribution in [2.24, 2.45) is 11.8 Å². The highest BCUT2D eigenvalue weighted by Crippen LogP contribution is 2.29. The van der Waals surface area contributed by atoms with Gasteiger partial charge < -0.3 is 10.1 Å². The Kier molecular flexibility index (Phi) is 7.03. The van der Waals surface area contributed by atoms with Crippen LogP contribution in [0, 0.1) is 17.7 Å². The van der Waals surface area contributed by atoms with Crippen LogP contribution in [0.1, 0.15) is 33.1 Å². The molecule has 1 amide bonds. The standard InChI is InChI=1S/C19H29FN2O2/c1-14-5-4-6-18(15(14)2)21-19(23)13-22(3)11-12-24-17-9-7-16(20)8-10-17/h7-10,14-15,18H,4-6,11-13H2,1-3H3,(H,21,23). The molecule has 1 aromatic rings. The lowest BCUT2D eigenvalue weighted by molar-refractivity contribution is -0.123. The Bertz CT molecular complexity index is 521. The summed E-state index contributed by atoms with van der Waals surface area (Å²) >= 11 is 0. The molecule has 4 nitrogen and oxygen atoms in total. The molecule has 0 aromatic heterocycles. The molecular weight excluding hydrogens is 307 g/mol. The van der Waals surface area contributed by atoms with Crippen LogP contribution >= 0.6 is 0 Å². The Morgan fingerprint density at radius 2 is 2.00 bits per heavy atom. The number of ether oxygens (including phenoxy) is 1. The van der Waals surface area contributed by atoms with E-state index in [4.69, 9.17) is 4.74 Å². The summed E-state index contributed by atoms with van der Waals surface area (Å²) in [6.45, 7) is 5.97. The first-order valence-electron chi connectivity index (χ1n) is 8.82. The zero-order valence-electron chi connectivity index (χ0n) is 14.9. The number of likely N-dealkylation sites (N-methyl/N-ethyl adjacent to an activating group) is 1. The first kappa shape index (κ1) is 18.7. The van der Waals surface area contributed by atoms with Gasteiger partial charge in [-0.2, -0.15) is 0 Å². The number of benzene rings is 1. The van der Waals surface area contributed by atoms with Gasteiger partial charge in [0.2, 0.25) is 5.91 Å². The number of hydrogen-bond donors (Lipinski definition) is 1. The summed E-state index contributed by atoms with van der Waals surface area (Å²) in [7, 11) is 1.90. The van der Waals surface area contributed by atoms with Crippen LogP contribution in [0.5, 0.6) is 5.75 Å². The number of nitrogens with one attached hydrogen (secondary N) is 1. The third kappa shape index (κ3) is 5.78. The van der Waals surface area contributed by atoms with Gasteiger partial charge in [-0.1, -0.05) is 26.7 Å². The zero-order valence-corrected chi connectivity index (χ0v) is 14.9. The molecule has 0 aliphatic heterocycles. The van der Waals surface area contributed by atoms with Gasteiger partial charge in [-0.15, -0.1) is 0 Å². The molecule has 5 heteroatoms. The maximum atomic E-state index is 12.8. The van der Waals surface area contributed by atoms with Gasteiger partial charge in [0, 0.05) is 12.6 Å². The first-order valence-corrected chi connectivity index (χ1v) is 8.82. The predicted octanol–water partition coefficient (Wildman–Crippen LogP) is 3.08. The maximum Gasteiger partial charge on any atom is 0.234 e. The lowest BCUT2D eigenvalue weighted by atomic mass is 9.78. The largest absolute Gasteiger partial charge is 0.492 e. The number of halogens is 1. The molecule has 3 unspecified atom stereocenters. The quantitative estimate of drug-likeness (QED) is 0.832. The fourth-order valence-corrected chi connectivity index (χ4v) is 3.21. The van der Waals surface area contributed by atoms with E-state index in [-0.39, 0.29) is 11.7 Å². The van der Waals surface area contributed by atoms with Gasteiger partial charge >= 0.3 is 0 Å². The molecule has 1 fully saturated rings. The number of amides is 1. The number of rotatable bonds is 7. The van der Waals surface area contributed by atoms with Gasteiger partial charge in [-0.25, -0.2) is 4.39 Å². The summed E-state index contributed by atoms with van der Waals surface area (Å²) in [5.74, 6) is 1.65. The predicted molar refractivity (Wildman–Crippen MR) is 93.5 cm³/mol. The lowest BCUT2D eigenvalue weighted by Crippen LogP contribution is -2.47. The molecule has 2 rings (SSSR count). The van der Waals surface area contributed by atoms with Crippen LogP contribution in [0.3, 0.4) is 0 Å². The summed E-state index contributed by atoms with van der Waals surface area (Å²) in [6.07, 6.45) is 3.53. The minimum atomic E-state index is -0.276. The van der Waals surface area contributed by atoms with Crippen LogP contribution in [-0.2, 0) is 4.79 Å². The third-order valence-electron chi connectivity index (χ3n) is 5.02. The van der Waals surface area contributed by atoms with E-state index < -0.39 is 0 Å². The second-order valence-corrected chi connectivity index (χ2v) is 6.98. The second kappa shape index (κ2) is 9.02. The topological polar surface area (TPSA) is 41.6 Å². The van der Waals surface area contributed by atoms with Crippen molar-refractivity contribution in [2.45, 2.75) is 39.2 Å². The molecule has 0 radical (unpaired) electrons. The van der Waals surface area contributed by atoms with Gasteiger partial charge in [0.1, 0.15) is 18.2 Å². The summed E-state index contributed by atoms with van der Waals surface area (Å²) in [5, 5.41) is 3.18. The average molecular weight is 336 g/mol. The number of carbonyl (C=O) groups excluding carboxylic acids is 1. The minimum absolute atomic E-state index is 0.0743. The van der Waals surface area contributed by atoms with Crippen LogP contribution < -0.4 is 10.1 Å². The molecule has 1 saturated carbocycles. The molecule has 0 heterocycles.